The van der Waals surface area contributed by atoms with Gasteiger partial charge in [0.2, 0.25) is 11.8 Å². The molecule has 12 heteroatoms. The van der Waals surface area contributed by atoms with Crippen molar-refractivity contribution in [1.82, 2.24) is 15.5 Å². The first-order valence-electron chi connectivity index (χ1n) is 10.5. The summed E-state index contributed by atoms with van der Waals surface area (Å²) in [5.74, 6) is -1.81. The molecular weight excluding hydrogens is 421 g/mol. The number of aryl methyl sites for hydroxylation is 1. The van der Waals surface area contributed by atoms with E-state index in [2.05, 4.69) is 10.6 Å². The molecular formula is C20H28BN3O8. The van der Waals surface area contributed by atoms with E-state index >= 15 is 0 Å². The number of phenols is 1. The smallest absolute Gasteiger partial charge is 0.451 e. The molecule has 0 saturated carbocycles. The van der Waals surface area contributed by atoms with Crippen LogP contribution < -0.4 is 15.4 Å². The minimum absolute atomic E-state index is 0.00485. The topological polar surface area (TPSA) is 169 Å². The van der Waals surface area contributed by atoms with Crippen LogP contribution >= 0.6 is 0 Å². The molecule has 2 aliphatic heterocycles. The third-order valence-corrected chi connectivity index (χ3v) is 5.72. The van der Waals surface area contributed by atoms with Crippen LogP contribution in [-0.2, 0) is 16.0 Å². The highest BCUT2D eigenvalue weighted by molar-refractivity contribution is 6.41. The number of hydrogen-bond acceptors (Lipinski definition) is 8. The summed E-state index contributed by atoms with van der Waals surface area (Å²) in [6, 6.07) is 2.59. The van der Waals surface area contributed by atoms with Crippen LogP contribution in [0.5, 0.6) is 11.5 Å². The molecule has 0 aromatic heterocycles. The second-order valence-corrected chi connectivity index (χ2v) is 8.25. The van der Waals surface area contributed by atoms with E-state index in [-0.39, 0.29) is 47.8 Å². The lowest BCUT2D eigenvalue weighted by atomic mass is 9.82. The number of nitrogens with one attached hydrogen (secondary N) is 2. The van der Waals surface area contributed by atoms with E-state index < -0.39 is 30.5 Å². The monoisotopic (exact) mass is 449 g/mol. The van der Waals surface area contributed by atoms with Crippen molar-refractivity contribution in [1.29, 1.82) is 0 Å². The SMILES string of the molecule is CC(=O)NC[C@H]1CN[C@H](C(=O)N2CC(Oc3ccc(CCB(O)O)c(O)c3C(=O)O)C2)C1. The van der Waals surface area contributed by atoms with Crippen molar-refractivity contribution in [2.75, 3.05) is 26.2 Å². The van der Waals surface area contributed by atoms with Crippen molar-refractivity contribution < 1.29 is 39.4 Å². The molecule has 0 radical (unpaired) electrons. The molecule has 2 atom stereocenters. The first kappa shape index (κ1) is 23.8. The average Bonchev–Trinajstić information content (AvgIpc) is 3.16. The molecule has 0 bridgehead atoms. The van der Waals surface area contributed by atoms with E-state index in [1.165, 1.54) is 19.1 Å². The quantitative estimate of drug-likeness (QED) is 0.254. The lowest BCUT2D eigenvalue weighted by Gasteiger charge is -2.40. The van der Waals surface area contributed by atoms with E-state index in [1.807, 2.05) is 0 Å². The van der Waals surface area contributed by atoms with E-state index in [9.17, 15) is 24.6 Å². The first-order valence-corrected chi connectivity index (χ1v) is 10.5. The second kappa shape index (κ2) is 10.2. The summed E-state index contributed by atoms with van der Waals surface area (Å²) in [7, 11) is -1.56. The number of rotatable bonds is 9. The summed E-state index contributed by atoms with van der Waals surface area (Å²) in [4.78, 5) is 37.0. The molecule has 174 valence electrons. The Balaban J connectivity index is 1.54. The van der Waals surface area contributed by atoms with Crippen LogP contribution in [0.15, 0.2) is 12.1 Å². The first-order chi connectivity index (χ1) is 15.2. The predicted octanol–water partition coefficient (Wildman–Crippen LogP) is -1.19. The number of benzene rings is 1. The van der Waals surface area contributed by atoms with Gasteiger partial charge in [-0.05, 0) is 36.7 Å². The van der Waals surface area contributed by atoms with Gasteiger partial charge in [-0.25, -0.2) is 4.79 Å². The summed E-state index contributed by atoms with van der Waals surface area (Å²) in [5, 5.41) is 43.7. The number of nitrogens with zero attached hydrogens (tertiary/aromatic N) is 1. The highest BCUT2D eigenvalue weighted by Gasteiger charge is 2.39. The van der Waals surface area contributed by atoms with Gasteiger partial charge in [-0.2, -0.15) is 0 Å². The van der Waals surface area contributed by atoms with Crippen molar-refractivity contribution >= 4 is 24.9 Å². The number of carboxylic acid groups (broad SMARTS) is 1. The lowest BCUT2D eigenvalue weighted by Crippen LogP contribution is -2.59. The summed E-state index contributed by atoms with van der Waals surface area (Å²) in [5.41, 5.74) is -0.118. The van der Waals surface area contributed by atoms with Gasteiger partial charge >= 0.3 is 13.1 Å². The molecule has 2 fully saturated rings. The number of carbonyl (C=O) groups excluding carboxylic acids is 2. The van der Waals surface area contributed by atoms with Crippen LogP contribution in [0.2, 0.25) is 6.32 Å². The van der Waals surface area contributed by atoms with Crippen LogP contribution in [0.25, 0.3) is 0 Å². The number of hydrogen-bond donors (Lipinski definition) is 6. The number of carboxylic acids is 1. The van der Waals surface area contributed by atoms with E-state index in [1.54, 1.807) is 4.90 Å². The fourth-order valence-corrected chi connectivity index (χ4v) is 3.94. The van der Waals surface area contributed by atoms with Gasteiger partial charge in [-0.15, -0.1) is 0 Å². The zero-order valence-corrected chi connectivity index (χ0v) is 17.8. The Labute approximate surface area is 185 Å². The van der Waals surface area contributed by atoms with Crippen molar-refractivity contribution in [3.05, 3.63) is 23.3 Å². The fourth-order valence-electron chi connectivity index (χ4n) is 3.94. The highest BCUT2D eigenvalue weighted by Crippen LogP contribution is 2.34. The van der Waals surface area contributed by atoms with Crippen LogP contribution in [0, 0.1) is 5.92 Å². The third-order valence-electron chi connectivity index (χ3n) is 5.72. The molecule has 0 unspecified atom stereocenters. The molecule has 2 amide bonds. The summed E-state index contributed by atoms with van der Waals surface area (Å²) < 4.78 is 5.73. The normalized spacial score (nSPS) is 20.5. The minimum Gasteiger partial charge on any atom is -0.507 e. The Morgan fingerprint density at radius 2 is 2.00 bits per heavy atom. The molecule has 11 nitrogen and oxygen atoms in total. The van der Waals surface area contributed by atoms with Gasteiger partial charge in [0, 0.05) is 20.0 Å². The summed E-state index contributed by atoms with van der Waals surface area (Å²) >= 11 is 0. The minimum atomic E-state index is -1.56. The molecule has 2 saturated heterocycles. The van der Waals surface area contributed by atoms with Crippen molar-refractivity contribution in [3.8, 4) is 11.5 Å². The fraction of sp³-hybridized carbons (Fsp3) is 0.550. The number of likely N-dealkylation sites (tertiary alicyclic amines) is 1. The third kappa shape index (κ3) is 5.70. The maximum atomic E-state index is 12.7. The standard InChI is InChI=1S/C20H28BN3O8/c1-11(25)22-7-12-6-15(23-8-12)19(27)24-9-14(10-24)32-16-3-2-13(4-5-21(30)31)18(26)17(16)20(28)29/h2-3,12,14-15,23,26,30-31H,4-10H2,1H3,(H,22,25)(H,28,29)/t12-,15-/m0/s1. The van der Waals surface area contributed by atoms with Gasteiger partial charge in [0.05, 0.1) is 19.1 Å². The molecule has 0 aliphatic carbocycles. The summed E-state index contributed by atoms with van der Waals surface area (Å²) in [6.07, 6.45) is 0.265. The highest BCUT2D eigenvalue weighted by atomic mass is 16.5. The molecule has 1 aromatic rings. The Morgan fingerprint density at radius 1 is 1.28 bits per heavy atom. The number of aromatic carboxylic acids is 1. The van der Waals surface area contributed by atoms with Crippen LogP contribution in [0.4, 0.5) is 0 Å². The molecule has 32 heavy (non-hydrogen) atoms. The van der Waals surface area contributed by atoms with E-state index in [4.69, 9.17) is 14.8 Å². The van der Waals surface area contributed by atoms with Crippen molar-refractivity contribution in [3.63, 3.8) is 0 Å². The predicted molar refractivity (Wildman–Crippen MR) is 113 cm³/mol. The average molecular weight is 449 g/mol. The Bertz CT molecular complexity index is 875. The largest absolute Gasteiger partial charge is 0.507 e. The molecule has 0 spiro atoms. The van der Waals surface area contributed by atoms with Gasteiger partial charge in [0.25, 0.3) is 0 Å². The van der Waals surface area contributed by atoms with Crippen LogP contribution in [0.3, 0.4) is 0 Å². The molecule has 2 heterocycles. The Kier molecular flexibility index (Phi) is 7.59. The van der Waals surface area contributed by atoms with E-state index in [0.717, 1.165) is 0 Å². The van der Waals surface area contributed by atoms with Gasteiger partial charge in [0.15, 0.2) is 0 Å². The summed E-state index contributed by atoms with van der Waals surface area (Å²) in [6.45, 7) is 3.21. The maximum Gasteiger partial charge on any atom is 0.451 e. The maximum absolute atomic E-state index is 12.7. The lowest BCUT2D eigenvalue weighted by molar-refractivity contribution is -0.142. The van der Waals surface area contributed by atoms with Crippen molar-refractivity contribution in [2.45, 2.75) is 38.2 Å². The number of carbonyl (C=O) groups is 3. The number of aromatic hydroxyl groups is 1. The van der Waals surface area contributed by atoms with Gasteiger partial charge < -0.3 is 40.5 Å². The van der Waals surface area contributed by atoms with Crippen molar-refractivity contribution in [2.24, 2.45) is 5.92 Å². The zero-order chi connectivity index (χ0) is 23.4. The molecule has 3 rings (SSSR count). The van der Waals surface area contributed by atoms with Gasteiger partial charge in [-0.1, -0.05) is 6.07 Å². The Morgan fingerprint density at radius 3 is 2.62 bits per heavy atom. The molecule has 2 aliphatic rings. The van der Waals surface area contributed by atoms with Crippen LogP contribution in [-0.4, -0.2) is 88.4 Å². The molecule has 1 aromatic carbocycles. The van der Waals surface area contributed by atoms with Crippen LogP contribution in [0.1, 0.15) is 29.3 Å². The zero-order valence-electron chi connectivity index (χ0n) is 17.8. The molecule has 6 N–H and O–H groups in total. The Hall–Kier alpha value is -2.83. The number of amides is 2. The van der Waals surface area contributed by atoms with Gasteiger partial charge in [0.1, 0.15) is 23.2 Å². The van der Waals surface area contributed by atoms with E-state index in [0.29, 0.717) is 32.6 Å². The number of ether oxygens (including phenoxy) is 1. The van der Waals surface area contributed by atoms with Gasteiger partial charge in [-0.3, -0.25) is 9.59 Å². The second-order valence-electron chi connectivity index (χ2n) is 8.25.